The van der Waals surface area contributed by atoms with Crippen molar-refractivity contribution in [3.05, 3.63) is 0 Å². The maximum absolute atomic E-state index is 10.8. The van der Waals surface area contributed by atoms with Crippen LogP contribution in [0.15, 0.2) is 0 Å². The summed E-state index contributed by atoms with van der Waals surface area (Å²) in [5, 5.41) is 14.0. The van der Waals surface area contributed by atoms with Crippen molar-refractivity contribution in [1.82, 2.24) is 0 Å². The predicted octanol–water partition coefficient (Wildman–Crippen LogP) is -0.757. The molecule has 9 nitrogen and oxygen atoms in total. The van der Waals surface area contributed by atoms with Crippen molar-refractivity contribution in [2.45, 2.75) is 24.3 Å². The minimum atomic E-state index is -5.47. The van der Waals surface area contributed by atoms with Crippen LogP contribution in [0.5, 0.6) is 0 Å². The molecule has 16 heavy (non-hydrogen) atoms. The van der Waals surface area contributed by atoms with Gasteiger partial charge in [-0.1, -0.05) is 0 Å². The molecule has 0 fully saturated rings. The Morgan fingerprint density at radius 3 is 1.69 bits per heavy atom. The van der Waals surface area contributed by atoms with E-state index in [2.05, 4.69) is 0 Å². The third kappa shape index (κ3) is 3.64. The van der Waals surface area contributed by atoms with E-state index in [4.69, 9.17) is 24.7 Å². The normalized spacial score (nSPS) is 13.8. The second-order valence-corrected chi connectivity index (χ2v) is 7.12. The van der Waals surface area contributed by atoms with E-state index in [0.717, 1.165) is 0 Å². The van der Waals surface area contributed by atoms with Gasteiger partial charge >= 0.3 is 21.2 Å². The molecule has 0 aromatic heterocycles. The fraction of sp³-hybridized carbons (Fsp3) is 0.800. The van der Waals surface area contributed by atoms with Crippen molar-refractivity contribution >= 4 is 21.2 Å². The van der Waals surface area contributed by atoms with Crippen LogP contribution in [0.1, 0.15) is 19.3 Å². The van der Waals surface area contributed by atoms with Crippen LogP contribution in [-0.2, 0) is 13.9 Å². The van der Waals surface area contributed by atoms with E-state index in [-0.39, 0.29) is 0 Å². The average molecular weight is 278 g/mol. The highest BCUT2D eigenvalue weighted by Crippen LogP contribution is 2.69. The molecule has 0 aromatic carbocycles. The van der Waals surface area contributed by atoms with Crippen LogP contribution < -0.4 is 0 Å². The highest BCUT2D eigenvalue weighted by molar-refractivity contribution is 7.72. The van der Waals surface area contributed by atoms with Gasteiger partial charge in [-0.05, 0) is 6.42 Å². The molecule has 0 aliphatic heterocycles. The monoisotopic (exact) mass is 278 g/mol. The molecule has 0 aliphatic carbocycles. The van der Waals surface area contributed by atoms with E-state index in [9.17, 15) is 19.0 Å². The van der Waals surface area contributed by atoms with Crippen LogP contribution in [-0.4, -0.2) is 40.8 Å². The lowest BCUT2D eigenvalue weighted by Crippen LogP contribution is -2.28. The molecular formula is C5H12O9P2. The lowest BCUT2D eigenvalue weighted by molar-refractivity contribution is -0.137. The molecule has 6 N–H and O–H groups in total. The van der Waals surface area contributed by atoms with Gasteiger partial charge in [0.05, 0.1) is 0 Å². The quantitative estimate of drug-likeness (QED) is 0.341. The zero-order valence-corrected chi connectivity index (χ0v) is 9.71. The number of rotatable bonds is 6. The summed E-state index contributed by atoms with van der Waals surface area (Å²) in [6.45, 7) is 0. The molecule has 0 saturated heterocycles. The summed E-state index contributed by atoms with van der Waals surface area (Å²) >= 11 is 0. The fourth-order valence-corrected chi connectivity index (χ4v) is 3.19. The zero-order valence-electron chi connectivity index (χ0n) is 7.92. The molecule has 0 aliphatic rings. The molecule has 0 unspecified atom stereocenters. The zero-order chi connectivity index (χ0) is 13.2. The Morgan fingerprint density at radius 2 is 1.44 bits per heavy atom. The molecule has 0 bridgehead atoms. The lowest BCUT2D eigenvalue weighted by atomic mass is 10.2. The number of hydrogen-bond acceptors (Lipinski definition) is 4. The highest BCUT2D eigenvalue weighted by atomic mass is 31.2. The number of aliphatic hydroxyl groups is 1. The molecular weight excluding hydrogens is 266 g/mol. The second kappa shape index (κ2) is 4.93. The smallest absolute Gasteiger partial charge is 0.369 e. The van der Waals surface area contributed by atoms with Gasteiger partial charge in [0.15, 0.2) is 0 Å². The molecule has 11 heteroatoms. The van der Waals surface area contributed by atoms with E-state index < -0.39 is 45.5 Å². The van der Waals surface area contributed by atoms with Crippen molar-refractivity contribution in [1.29, 1.82) is 0 Å². The molecule has 0 radical (unpaired) electrons. The molecule has 0 amide bonds. The topological polar surface area (TPSA) is 173 Å². The standard InChI is InChI=1S/C5H12O9P2/c6-4(7)2-1-3-5(8,15(9,10)11)16(12,13)14/h8H,1-3H2,(H,6,7)(H2,9,10,11)(H2,12,13,14). The molecule has 96 valence electrons. The van der Waals surface area contributed by atoms with Crippen molar-refractivity contribution < 1.29 is 43.7 Å². The Kier molecular flexibility index (Phi) is 4.85. The SMILES string of the molecule is O=C(O)CCCC(O)(P(=O)(O)O)P(=O)(O)O. The summed E-state index contributed by atoms with van der Waals surface area (Å²) in [5.41, 5.74) is 0. The minimum Gasteiger partial charge on any atom is -0.481 e. The van der Waals surface area contributed by atoms with E-state index in [1.807, 2.05) is 0 Å². The third-order valence-electron chi connectivity index (χ3n) is 1.84. The summed E-state index contributed by atoms with van der Waals surface area (Å²) in [6.07, 6.45) is -2.04. The van der Waals surface area contributed by atoms with Crippen LogP contribution >= 0.6 is 15.2 Å². The lowest BCUT2D eigenvalue weighted by Gasteiger charge is -2.28. The number of hydrogen-bond donors (Lipinski definition) is 6. The van der Waals surface area contributed by atoms with Gasteiger partial charge in [-0.2, -0.15) is 0 Å². The molecule has 0 saturated carbocycles. The van der Waals surface area contributed by atoms with Gasteiger partial charge in [0.2, 0.25) is 0 Å². The van der Waals surface area contributed by atoms with Gasteiger partial charge in [-0.25, -0.2) is 0 Å². The van der Waals surface area contributed by atoms with Crippen LogP contribution in [0.2, 0.25) is 0 Å². The van der Waals surface area contributed by atoms with E-state index >= 15 is 0 Å². The Bertz CT molecular complexity index is 329. The van der Waals surface area contributed by atoms with E-state index in [1.165, 1.54) is 0 Å². The van der Waals surface area contributed by atoms with E-state index in [0.29, 0.717) is 0 Å². The Hall–Kier alpha value is -0.270. The largest absolute Gasteiger partial charge is 0.481 e. The van der Waals surface area contributed by atoms with Crippen LogP contribution in [0.4, 0.5) is 0 Å². The first-order valence-corrected chi connectivity index (χ1v) is 7.20. The van der Waals surface area contributed by atoms with Gasteiger partial charge in [-0.3, -0.25) is 13.9 Å². The summed E-state index contributed by atoms with van der Waals surface area (Å²) in [6, 6.07) is 0. The van der Waals surface area contributed by atoms with Crippen molar-refractivity contribution in [2.75, 3.05) is 0 Å². The minimum absolute atomic E-state index is 0.470. The summed E-state index contributed by atoms with van der Waals surface area (Å²) in [4.78, 5) is 44.8. The van der Waals surface area contributed by atoms with Gasteiger partial charge in [0.25, 0.3) is 5.08 Å². The Balaban J connectivity index is 4.93. The molecule has 0 atom stereocenters. The van der Waals surface area contributed by atoms with Crippen LogP contribution in [0.3, 0.4) is 0 Å². The summed E-state index contributed by atoms with van der Waals surface area (Å²) < 4.78 is 21.6. The third-order valence-corrected chi connectivity index (χ3v) is 5.71. The first-order valence-electron chi connectivity index (χ1n) is 3.97. The first-order chi connectivity index (χ1) is 6.92. The predicted molar refractivity (Wildman–Crippen MR) is 50.5 cm³/mol. The highest BCUT2D eigenvalue weighted by Gasteiger charge is 2.58. The number of carboxylic acid groups (broad SMARTS) is 1. The maximum Gasteiger partial charge on any atom is 0.369 e. The van der Waals surface area contributed by atoms with Crippen LogP contribution in [0.25, 0.3) is 0 Å². The van der Waals surface area contributed by atoms with Gasteiger partial charge in [0.1, 0.15) is 0 Å². The van der Waals surface area contributed by atoms with Crippen molar-refractivity contribution in [3.8, 4) is 0 Å². The molecule has 0 spiro atoms. The fourth-order valence-electron chi connectivity index (χ4n) is 0.938. The number of aliphatic carboxylic acids is 1. The van der Waals surface area contributed by atoms with Gasteiger partial charge < -0.3 is 29.8 Å². The van der Waals surface area contributed by atoms with Crippen molar-refractivity contribution in [3.63, 3.8) is 0 Å². The second-order valence-electron chi connectivity index (χ2n) is 3.11. The Labute approximate surface area is 90.1 Å². The number of carbonyl (C=O) groups is 1. The summed E-state index contributed by atoms with van der Waals surface area (Å²) in [7, 11) is -10.9. The van der Waals surface area contributed by atoms with Crippen molar-refractivity contribution in [2.24, 2.45) is 0 Å². The summed E-state index contributed by atoms with van der Waals surface area (Å²) in [5.74, 6) is -1.31. The van der Waals surface area contributed by atoms with E-state index in [1.54, 1.807) is 0 Å². The van der Waals surface area contributed by atoms with Gasteiger partial charge in [-0.15, -0.1) is 0 Å². The Morgan fingerprint density at radius 1 is 1.06 bits per heavy atom. The molecule has 0 rings (SSSR count). The molecule has 0 aromatic rings. The van der Waals surface area contributed by atoms with Gasteiger partial charge in [0, 0.05) is 12.8 Å². The first kappa shape index (κ1) is 15.7. The maximum atomic E-state index is 10.8. The van der Waals surface area contributed by atoms with Crippen LogP contribution in [0, 0.1) is 0 Å². The molecule has 0 heterocycles. The average Bonchev–Trinajstić information content (AvgIpc) is 1.98. The number of carboxylic acids is 1.